The molecule has 0 aromatic carbocycles. The van der Waals surface area contributed by atoms with E-state index in [1.165, 1.54) is 0 Å². The van der Waals surface area contributed by atoms with Crippen LogP contribution < -0.4 is 0 Å². The minimum Gasteiger partial charge on any atom is -0.207 e. The van der Waals surface area contributed by atoms with E-state index in [2.05, 4.69) is 0 Å². The lowest BCUT2D eigenvalue weighted by molar-refractivity contribution is -0.149. The van der Waals surface area contributed by atoms with Crippen molar-refractivity contribution in [3.63, 3.8) is 0 Å². The Morgan fingerprint density at radius 1 is 0.900 bits per heavy atom. The maximum atomic E-state index is 11.8. The second kappa shape index (κ2) is 2.72. The predicted molar refractivity (Wildman–Crippen MR) is 25.9 cm³/mol. The van der Waals surface area contributed by atoms with E-state index < -0.39 is 24.9 Å². The fraction of sp³-hybridized carbons (Fsp3) is 1.00. The average molecular weight is 162 g/mol. The summed E-state index contributed by atoms with van der Waals surface area (Å²) in [6.07, 6.45) is -7.02. The third kappa shape index (κ3) is 7.65. The minimum atomic E-state index is -4.47. The molecule has 0 aliphatic carbocycles. The Labute approximate surface area is 55.0 Å². The minimum absolute atomic E-state index is 0.471. The molecular formula is C5H7F5. The van der Waals surface area contributed by atoms with Crippen LogP contribution in [0, 0.1) is 0 Å². The molecule has 0 fully saturated rings. The zero-order chi connectivity index (χ0) is 8.41. The second-order valence-corrected chi connectivity index (χ2v) is 2.19. The summed E-state index contributed by atoms with van der Waals surface area (Å²) in [6.45, 7) is 0.471. The summed E-state index contributed by atoms with van der Waals surface area (Å²) < 4.78 is 57.3. The van der Waals surface area contributed by atoms with E-state index in [4.69, 9.17) is 0 Å². The molecule has 0 spiro atoms. The van der Waals surface area contributed by atoms with Crippen molar-refractivity contribution in [1.29, 1.82) is 0 Å². The van der Waals surface area contributed by atoms with Gasteiger partial charge in [0.1, 0.15) is 0 Å². The number of rotatable bonds is 2. The van der Waals surface area contributed by atoms with Crippen LogP contribution in [-0.4, -0.2) is 12.1 Å². The fourth-order valence-corrected chi connectivity index (χ4v) is 0.361. The largest absolute Gasteiger partial charge is 0.389 e. The van der Waals surface area contributed by atoms with Gasteiger partial charge in [0, 0.05) is 12.8 Å². The van der Waals surface area contributed by atoms with E-state index in [-0.39, 0.29) is 0 Å². The van der Waals surface area contributed by atoms with Crippen molar-refractivity contribution in [2.45, 2.75) is 31.9 Å². The first-order valence-corrected chi connectivity index (χ1v) is 2.65. The lowest BCUT2D eigenvalue weighted by atomic mass is 10.2. The Kier molecular flexibility index (Phi) is 2.62. The highest BCUT2D eigenvalue weighted by atomic mass is 19.4. The fourth-order valence-electron chi connectivity index (χ4n) is 0.361. The third-order valence-electron chi connectivity index (χ3n) is 0.847. The molecule has 0 heterocycles. The number of halogens is 5. The molecule has 0 saturated carbocycles. The van der Waals surface area contributed by atoms with E-state index in [1.807, 2.05) is 0 Å². The molecule has 0 rings (SSSR count). The molecule has 0 aliphatic heterocycles. The molecular weight excluding hydrogens is 155 g/mol. The summed E-state index contributed by atoms with van der Waals surface area (Å²) in [7, 11) is 0. The van der Waals surface area contributed by atoms with E-state index in [1.54, 1.807) is 0 Å². The number of alkyl halides is 5. The summed E-state index contributed by atoms with van der Waals surface area (Å²) in [5.74, 6) is -3.21. The van der Waals surface area contributed by atoms with Gasteiger partial charge in [-0.05, 0) is 6.92 Å². The van der Waals surface area contributed by atoms with Crippen molar-refractivity contribution >= 4 is 0 Å². The molecule has 0 atom stereocenters. The molecule has 0 aliphatic rings. The molecule has 62 valence electrons. The maximum absolute atomic E-state index is 11.8. The summed E-state index contributed by atoms with van der Waals surface area (Å²) >= 11 is 0. The van der Waals surface area contributed by atoms with Crippen LogP contribution in [0.4, 0.5) is 22.0 Å². The van der Waals surface area contributed by atoms with E-state index >= 15 is 0 Å². The Morgan fingerprint density at radius 2 is 1.30 bits per heavy atom. The van der Waals surface area contributed by atoms with Crippen molar-refractivity contribution in [3.05, 3.63) is 0 Å². The van der Waals surface area contributed by atoms with Gasteiger partial charge in [-0.25, -0.2) is 8.78 Å². The summed E-state index contributed by atoms with van der Waals surface area (Å²) in [5.41, 5.74) is 0. The van der Waals surface area contributed by atoms with Gasteiger partial charge < -0.3 is 0 Å². The summed E-state index contributed by atoms with van der Waals surface area (Å²) in [4.78, 5) is 0. The Hall–Kier alpha value is -0.350. The van der Waals surface area contributed by atoms with Gasteiger partial charge in [-0.3, -0.25) is 0 Å². The molecule has 0 saturated heterocycles. The average Bonchev–Trinajstić information content (AvgIpc) is 1.57. The molecule has 0 bridgehead atoms. The van der Waals surface area contributed by atoms with Crippen LogP contribution in [0.1, 0.15) is 19.8 Å². The monoisotopic (exact) mass is 162 g/mol. The van der Waals surface area contributed by atoms with Crippen molar-refractivity contribution in [2.24, 2.45) is 0 Å². The number of hydrogen-bond acceptors (Lipinski definition) is 0. The Balaban J connectivity index is 3.56. The number of hydrogen-bond donors (Lipinski definition) is 0. The molecule has 0 aromatic heterocycles. The first-order valence-electron chi connectivity index (χ1n) is 2.65. The van der Waals surface area contributed by atoms with Gasteiger partial charge in [-0.15, -0.1) is 0 Å². The van der Waals surface area contributed by atoms with E-state index in [0.717, 1.165) is 0 Å². The van der Waals surface area contributed by atoms with Crippen LogP contribution >= 0.6 is 0 Å². The summed E-state index contributed by atoms with van der Waals surface area (Å²) in [6, 6.07) is 0. The van der Waals surface area contributed by atoms with Crippen molar-refractivity contribution in [2.75, 3.05) is 0 Å². The van der Waals surface area contributed by atoms with Gasteiger partial charge in [0.05, 0.1) is 0 Å². The maximum Gasteiger partial charge on any atom is 0.389 e. The lowest BCUT2D eigenvalue weighted by Gasteiger charge is -2.11. The third-order valence-corrected chi connectivity index (χ3v) is 0.847. The highest BCUT2D eigenvalue weighted by Crippen LogP contribution is 2.28. The molecule has 0 N–H and O–H groups in total. The van der Waals surface area contributed by atoms with Gasteiger partial charge in [0.15, 0.2) is 0 Å². The van der Waals surface area contributed by atoms with Gasteiger partial charge in [-0.1, -0.05) is 0 Å². The van der Waals surface area contributed by atoms with Crippen molar-refractivity contribution in [1.82, 2.24) is 0 Å². The van der Waals surface area contributed by atoms with Crippen molar-refractivity contribution in [3.8, 4) is 0 Å². The first kappa shape index (κ1) is 9.65. The van der Waals surface area contributed by atoms with Crippen LogP contribution in [0.5, 0.6) is 0 Å². The molecule has 0 radical (unpaired) electrons. The zero-order valence-electron chi connectivity index (χ0n) is 5.30. The van der Waals surface area contributed by atoms with Crippen LogP contribution in [-0.2, 0) is 0 Å². The molecule has 0 amide bonds. The molecule has 5 heteroatoms. The topological polar surface area (TPSA) is 0 Å². The molecule has 0 unspecified atom stereocenters. The highest BCUT2D eigenvalue weighted by molar-refractivity contribution is 4.61. The van der Waals surface area contributed by atoms with E-state index in [0.29, 0.717) is 6.92 Å². The van der Waals surface area contributed by atoms with E-state index in [9.17, 15) is 22.0 Å². The quantitative estimate of drug-likeness (QED) is 0.547. The van der Waals surface area contributed by atoms with Crippen molar-refractivity contribution < 1.29 is 22.0 Å². The van der Waals surface area contributed by atoms with Gasteiger partial charge in [-0.2, -0.15) is 13.2 Å². The molecule has 0 nitrogen and oxygen atoms in total. The van der Waals surface area contributed by atoms with Crippen LogP contribution in [0.15, 0.2) is 0 Å². The van der Waals surface area contributed by atoms with Gasteiger partial charge in [0.25, 0.3) is 0 Å². The van der Waals surface area contributed by atoms with Gasteiger partial charge >= 0.3 is 6.18 Å². The lowest BCUT2D eigenvalue weighted by Crippen LogP contribution is -2.16. The molecule has 10 heavy (non-hydrogen) atoms. The zero-order valence-corrected chi connectivity index (χ0v) is 5.30. The van der Waals surface area contributed by atoms with Crippen LogP contribution in [0.2, 0.25) is 0 Å². The Bertz CT molecular complexity index is 83.6. The highest BCUT2D eigenvalue weighted by Gasteiger charge is 2.32. The Morgan fingerprint density at radius 3 is 1.40 bits per heavy atom. The first-order chi connectivity index (χ1) is 4.21. The molecule has 0 aromatic rings. The predicted octanol–water partition coefficient (Wildman–Crippen LogP) is 2.98. The van der Waals surface area contributed by atoms with Gasteiger partial charge in [0.2, 0.25) is 5.92 Å². The van der Waals surface area contributed by atoms with Crippen LogP contribution in [0.25, 0.3) is 0 Å². The second-order valence-electron chi connectivity index (χ2n) is 2.19. The summed E-state index contributed by atoms with van der Waals surface area (Å²) in [5, 5.41) is 0. The normalized spacial score (nSPS) is 13.8. The van der Waals surface area contributed by atoms with Crippen LogP contribution in [0.3, 0.4) is 0 Å². The SMILES string of the molecule is CC(F)(F)CCC(F)(F)F. The standard InChI is InChI=1S/C5H7F5/c1-4(6,7)2-3-5(8,9)10/h2-3H2,1H3. The smallest absolute Gasteiger partial charge is 0.207 e.